The van der Waals surface area contributed by atoms with Gasteiger partial charge in [0.05, 0.1) is 22.7 Å². The van der Waals surface area contributed by atoms with Crippen LogP contribution in [0.4, 0.5) is 5.69 Å². The molecule has 1 aromatic carbocycles. The predicted molar refractivity (Wildman–Crippen MR) is 66.1 cm³/mol. The highest BCUT2D eigenvalue weighted by molar-refractivity contribution is 5.68. The molecule has 0 aliphatic rings. The summed E-state index contributed by atoms with van der Waals surface area (Å²) in [7, 11) is 1.79. The van der Waals surface area contributed by atoms with Gasteiger partial charge in [0.15, 0.2) is 5.76 Å². The van der Waals surface area contributed by atoms with Crippen molar-refractivity contribution in [1.29, 1.82) is 0 Å². The van der Waals surface area contributed by atoms with Crippen molar-refractivity contribution < 1.29 is 9.34 Å². The first kappa shape index (κ1) is 12.3. The second-order valence-corrected chi connectivity index (χ2v) is 3.85. The van der Waals surface area contributed by atoms with Crippen LogP contribution in [0.5, 0.6) is 0 Å². The molecule has 0 saturated heterocycles. The minimum Gasteiger partial charge on any atom is -0.439 e. The van der Waals surface area contributed by atoms with Crippen molar-refractivity contribution in [3.63, 3.8) is 0 Å². The number of aromatic nitrogens is 1. The molecule has 0 saturated carbocycles. The summed E-state index contributed by atoms with van der Waals surface area (Å²) in [5, 5.41) is 13.9. The molecule has 0 fully saturated rings. The summed E-state index contributed by atoms with van der Waals surface area (Å²) in [6, 6.07) is 6.40. The molecule has 18 heavy (non-hydrogen) atoms. The normalized spacial score (nSPS) is 12.3. The van der Waals surface area contributed by atoms with Gasteiger partial charge in [-0.2, -0.15) is 0 Å². The molecule has 2 rings (SSSR count). The van der Waals surface area contributed by atoms with E-state index in [4.69, 9.17) is 4.42 Å². The minimum atomic E-state index is -0.432. The third-order valence-electron chi connectivity index (χ3n) is 2.69. The van der Waals surface area contributed by atoms with E-state index >= 15 is 0 Å². The molecule has 6 nitrogen and oxygen atoms in total. The van der Waals surface area contributed by atoms with Crippen molar-refractivity contribution in [3.05, 3.63) is 46.5 Å². The van der Waals surface area contributed by atoms with E-state index in [0.717, 1.165) is 0 Å². The molecule has 2 aromatic rings. The van der Waals surface area contributed by atoms with Crippen LogP contribution in [0, 0.1) is 10.1 Å². The van der Waals surface area contributed by atoms with E-state index in [1.165, 1.54) is 12.3 Å². The summed E-state index contributed by atoms with van der Waals surface area (Å²) >= 11 is 0. The number of hydrogen-bond acceptors (Lipinski definition) is 5. The molecule has 1 heterocycles. The Balaban J connectivity index is 2.43. The quantitative estimate of drug-likeness (QED) is 0.663. The van der Waals surface area contributed by atoms with Crippen LogP contribution in [0.25, 0.3) is 11.3 Å². The van der Waals surface area contributed by atoms with Gasteiger partial charge < -0.3 is 9.73 Å². The Labute approximate surface area is 104 Å². The molecular weight excluding hydrogens is 234 g/mol. The van der Waals surface area contributed by atoms with Crippen molar-refractivity contribution in [2.75, 3.05) is 7.05 Å². The average Bonchev–Trinajstić information content (AvgIpc) is 2.87. The first-order valence-corrected chi connectivity index (χ1v) is 5.50. The van der Waals surface area contributed by atoms with Crippen LogP contribution in [0.3, 0.4) is 0 Å². The third-order valence-corrected chi connectivity index (χ3v) is 2.69. The molecule has 1 atom stereocenters. The number of nitro benzene ring substituents is 1. The molecule has 1 aromatic heterocycles. The zero-order chi connectivity index (χ0) is 13.1. The fraction of sp³-hybridized carbons (Fsp3) is 0.250. The number of oxazole rings is 1. The lowest BCUT2D eigenvalue weighted by Crippen LogP contribution is -2.12. The SMILES string of the molecule is CNC(C)c1ncc(-c2ccccc2[N+](=O)[O-])o1. The Morgan fingerprint density at radius 2 is 2.17 bits per heavy atom. The fourth-order valence-corrected chi connectivity index (χ4v) is 1.58. The van der Waals surface area contributed by atoms with Gasteiger partial charge in [-0.1, -0.05) is 12.1 Å². The van der Waals surface area contributed by atoms with Gasteiger partial charge >= 0.3 is 0 Å². The molecular formula is C12H13N3O3. The van der Waals surface area contributed by atoms with Crippen molar-refractivity contribution in [3.8, 4) is 11.3 Å². The Morgan fingerprint density at radius 3 is 2.83 bits per heavy atom. The van der Waals surface area contributed by atoms with Gasteiger partial charge in [-0.15, -0.1) is 0 Å². The minimum absolute atomic E-state index is 0.0114. The van der Waals surface area contributed by atoms with E-state index < -0.39 is 4.92 Å². The average molecular weight is 247 g/mol. The largest absolute Gasteiger partial charge is 0.439 e. The molecule has 94 valence electrons. The molecule has 0 bridgehead atoms. The maximum Gasteiger partial charge on any atom is 0.280 e. The van der Waals surface area contributed by atoms with Crippen LogP contribution in [0.1, 0.15) is 18.9 Å². The zero-order valence-corrected chi connectivity index (χ0v) is 10.1. The van der Waals surface area contributed by atoms with Gasteiger partial charge in [0, 0.05) is 6.07 Å². The van der Waals surface area contributed by atoms with E-state index in [9.17, 15) is 10.1 Å². The highest BCUT2D eigenvalue weighted by atomic mass is 16.6. The molecule has 1 N–H and O–H groups in total. The summed E-state index contributed by atoms with van der Waals surface area (Å²) in [5.41, 5.74) is 0.446. The second-order valence-electron chi connectivity index (χ2n) is 3.85. The molecule has 0 amide bonds. The summed E-state index contributed by atoms with van der Waals surface area (Å²) in [5.74, 6) is 0.907. The molecule has 0 aliphatic heterocycles. The monoisotopic (exact) mass is 247 g/mol. The Morgan fingerprint density at radius 1 is 1.44 bits per heavy atom. The van der Waals surface area contributed by atoms with Gasteiger partial charge in [-0.3, -0.25) is 10.1 Å². The van der Waals surface area contributed by atoms with Crippen LogP contribution >= 0.6 is 0 Å². The Bertz CT molecular complexity index is 565. The first-order chi connectivity index (χ1) is 8.63. The second kappa shape index (κ2) is 4.97. The lowest BCUT2D eigenvalue weighted by Gasteiger charge is -2.03. The highest BCUT2D eigenvalue weighted by Gasteiger charge is 2.19. The molecule has 0 aliphatic carbocycles. The van der Waals surface area contributed by atoms with Crippen molar-refractivity contribution in [1.82, 2.24) is 10.3 Å². The van der Waals surface area contributed by atoms with Crippen molar-refractivity contribution in [2.45, 2.75) is 13.0 Å². The third kappa shape index (κ3) is 2.23. The van der Waals surface area contributed by atoms with E-state index in [0.29, 0.717) is 17.2 Å². The van der Waals surface area contributed by atoms with E-state index in [2.05, 4.69) is 10.3 Å². The fourth-order valence-electron chi connectivity index (χ4n) is 1.58. The topological polar surface area (TPSA) is 81.2 Å². The standard InChI is InChI=1S/C12H13N3O3/c1-8(13-2)12-14-7-11(18-12)9-5-3-4-6-10(9)15(16)17/h3-8,13H,1-2H3. The van der Waals surface area contributed by atoms with Crippen LogP contribution in [0.2, 0.25) is 0 Å². The van der Waals surface area contributed by atoms with Crippen LogP contribution in [-0.2, 0) is 0 Å². The summed E-state index contributed by atoms with van der Waals surface area (Å²) in [4.78, 5) is 14.6. The van der Waals surface area contributed by atoms with Crippen LogP contribution < -0.4 is 5.32 Å². The molecule has 6 heteroatoms. The summed E-state index contributed by atoms with van der Waals surface area (Å²) in [6.45, 7) is 1.90. The Hall–Kier alpha value is -2.21. The predicted octanol–water partition coefficient (Wildman–Crippen LogP) is 2.53. The van der Waals surface area contributed by atoms with E-state index in [1.54, 1.807) is 25.2 Å². The maximum absolute atomic E-state index is 10.9. The number of rotatable bonds is 4. The lowest BCUT2D eigenvalue weighted by atomic mass is 10.1. The number of para-hydroxylation sites is 1. The van der Waals surface area contributed by atoms with Crippen LogP contribution in [0.15, 0.2) is 34.9 Å². The first-order valence-electron chi connectivity index (χ1n) is 5.50. The van der Waals surface area contributed by atoms with Crippen LogP contribution in [-0.4, -0.2) is 17.0 Å². The van der Waals surface area contributed by atoms with E-state index in [1.807, 2.05) is 6.92 Å². The van der Waals surface area contributed by atoms with Gasteiger partial charge in [0.2, 0.25) is 5.89 Å². The number of nitrogens with one attached hydrogen (secondary N) is 1. The molecule has 0 spiro atoms. The molecule has 0 radical (unpaired) electrons. The van der Waals surface area contributed by atoms with E-state index in [-0.39, 0.29) is 11.7 Å². The highest BCUT2D eigenvalue weighted by Crippen LogP contribution is 2.30. The smallest absolute Gasteiger partial charge is 0.280 e. The maximum atomic E-state index is 10.9. The molecule has 1 unspecified atom stereocenters. The van der Waals surface area contributed by atoms with Gasteiger partial charge in [0.1, 0.15) is 0 Å². The number of hydrogen-bond donors (Lipinski definition) is 1. The van der Waals surface area contributed by atoms with Gasteiger partial charge in [0.25, 0.3) is 5.69 Å². The number of nitro groups is 1. The number of nitrogens with zero attached hydrogens (tertiary/aromatic N) is 2. The summed E-state index contributed by atoms with van der Waals surface area (Å²) < 4.78 is 5.54. The Kier molecular flexibility index (Phi) is 3.38. The van der Waals surface area contributed by atoms with Crippen molar-refractivity contribution in [2.24, 2.45) is 0 Å². The van der Waals surface area contributed by atoms with Gasteiger partial charge in [-0.05, 0) is 20.0 Å². The lowest BCUT2D eigenvalue weighted by molar-refractivity contribution is -0.384. The summed E-state index contributed by atoms with van der Waals surface area (Å²) in [6.07, 6.45) is 1.51. The number of benzene rings is 1. The van der Waals surface area contributed by atoms with Crippen molar-refractivity contribution >= 4 is 5.69 Å². The van der Waals surface area contributed by atoms with Gasteiger partial charge in [-0.25, -0.2) is 4.98 Å². The zero-order valence-electron chi connectivity index (χ0n) is 10.1.